The van der Waals surface area contributed by atoms with E-state index in [1.165, 1.54) is 0 Å². The van der Waals surface area contributed by atoms with E-state index in [1.54, 1.807) is 0 Å². The van der Waals surface area contributed by atoms with Crippen LogP contribution in [0.15, 0.2) is 36.7 Å². The van der Waals surface area contributed by atoms with Crippen molar-refractivity contribution in [3.8, 4) is 11.1 Å². The van der Waals surface area contributed by atoms with E-state index < -0.39 is 5.91 Å². The molecule has 6 nitrogen and oxygen atoms in total. The van der Waals surface area contributed by atoms with E-state index >= 15 is 0 Å². The molecule has 0 atom stereocenters. The van der Waals surface area contributed by atoms with Crippen LogP contribution in [0.1, 0.15) is 16.1 Å². The summed E-state index contributed by atoms with van der Waals surface area (Å²) in [5, 5.41) is 7.50. The Morgan fingerprint density at radius 1 is 1.23 bits per heavy atom. The Balaban J connectivity index is 2.06. The maximum atomic E-state index is 11.4. The van der Waals surface area contributed by atoms with Crippen LogP contribution in [0, 0.1) is 0 Å². The molecular weight excluding hydrogens is 278 g/mol. The molecule has 0 saturated carbocycles. The maximum Gasteiger partial charge on any atom is 0.269 e. The summed E-state index contributed by atoms with van der Waals surface area (Å²) >= 11 is 0. The topological polar surface area (TPSA) is 87.9 Å². The SMILES string of the molecule is CN(C)Cc1cncc(-c2ccc3[nH]nc(C(N)=O)c3c2)c1. The quantitative estimate of drug-likeness (QED) is 0.768. The van der Waals surface area contributed by atoms with Gasteiger partial charge in [0.05, 0.1) is 5.52 Å². The number of nitrogens with zero attached hydrogens (tertiary/aromatic N) is 3. The molecule has 0 aliphatic carbocycles. The Kier molecular flexibility index (Phi) is 3.60. The van der Waals surface area contributed by atoms with Gasteiger partial charge in [0, 0.05) is 29.9 Å². The van der Waals surface area contributed by atoms with Gasteiger partial charge in [0.15, 0.2) is 5.69 Å². The second-order valence-electron chi connectivity index (χ2n) is 5.52. The third kappa shape index (κ3) is 2.68. The molecule has 112 valence electrons. The Morgan fingerprint density at radius 3 is 2.77 bits per heavy atom. The smallest absolute Gasteiger partial charge is 0.269 e. The summed E-state index contributed by atoms with van der Waals surface area (Å²) < 4.78 is 0. The molecule has 0 fully saturated rings. The van der Waals surface area contributed by atoms with Crippen LogP contribution in [-0.2, 0) is 6.54 Å². The number of hydrogen-bond acceptors (Lipinski definition) is 4. The van der Waals surface area contributed by atoms with Crippen molar-refractivity contribution in [1.82, 2.24) is 20.1 Å². The minimum absolute atomic E-state index is 0.259. The second kappa shape index (κ2) is 5.57. The largest absolute Gasteiger partial charge is 0.364 e. The minimum Gasteiger partial charge on any atom is -0.364 e. The standard InChI is InChI=1S/C16H17N5O/c1-21(2)9-10-5-12(8-18-7-10)11-3-4-14-13(6-11)15(16(17)22)20-19-14/h3-8H,9H2,1-2H3,(H2,17,22)(H,19,20). The number of benzene rings is 1. The number of fused-ring (bicyclic) bond motifs is 1. The number of aromatic nitrogens is 3. The number of carbonyl (C=O) groups excluding carboxylic acids is 1. The first-order valence-electron chi connectivity index (χ1n) is 6.91. The zero-order valence-corrected chi connectivity index (χ0v) is 12.5. The number of pyridine rings is 1. The van der Waals surface area contributed by atoms with Gasteiger partial charge in [-0.15, -0.1) is 0 Å². The Labute approximate surface area is 128 Å². The normalized spacial score (nSPS) is 11.2. The number of nitrogens with two attached hydrogens (primary N) is 1. The highest BCUT2D eigenvalue weighted by molar-refractivity contribution is 6.04. The summed E-state index contributed by atoms with van der Waals surface area (Å²) in [7, 11) is 4.03. The summed E-state index contributed by atoms with van der Waals surface area (Å²) in [6, 6.07) is 7.87. The van der Waals surface area contributed by atoms with Crippen molar-refractivity contribution in [2.75, 3.05) is 14.1 Å². The second-order valence-corrected chi connectivity index (χ2v) is 5.52. The fourth-order valence-corrected chi connectivity index (χ4v) is 2.48. The zero-order chi connectivity index (χ0) is 15.7. The lowest BCUT2D eigenvalue weighted by Gasteiger charge is -2.10. The van der Waals surface area contributed by atoms with E-state index in [-0.39, 0.29) is 5.69 Å². The van der Waals surface area contributed by atoms with Crippen LogP contribution in [0.4, 0.5) is 0 Å². The molecule has 2 aromatic heterocycles. The highest BCUT2D eigenvalue weighted by Crippen LogP contribution is 2.25. The molecule has 0 radical (unpaired) electrons. The maximum absolute atomic E-state index is 11.4. The number of rotatable bonds is 4. The molecule has 3 N–H and O–H groups in total. The molecule has 0 aliphatic heterocycles. The van der Waals surface area contributed by atoms with Crippen LogP contribution in [0.5, 0.6) is 0 Å². The summed E-state index contributed by atoms with van der Waals surface area (Å²) in [4.78, 5) is 17.8. The van der Waals surface area contributed by atoms with Gasteiger partial charge in [0.25, 0.3) is 5.91 Å². The highest BCUT2D eigenvalue weighted by atomic mass is 16.1. The Morgan fingerprint density at radius 2 is 2.05 bits per heavy atom. The molecule has 0 saturated heterocycles. The van der Waals surface area contributed by atoms with Crippen molar-refractivity contribution in [3.63, 3.8) is 0 Å². The Bertz CT molecular complexity index is 837. The molecule has 3 rings (SSSR count). The molecule has 1 amide bonds. The van der Waals surface area contributed by atoms with E-state index in [1.807, 2.05) is 44.7 Å². The van der Waals surface area contributed by atoms with E-state index in [9.17, 15) is 4.79 Å². The summed E-state index contributed by atoms with van der Waals surface area (Å²) in [6.45, 7) is 0.821. The van der Waals surface area contributed by atoms with Gasteiger partial charge in [-0.2, -0.15) is 5.10 Å². The number of carbonyl (C=O) groups is 1. The molecular formula is C16H17N5O. The zero-order valence-electron chi connectivity index (χ0n) is 12.5. The number of H-pyrrole nitrogens is 1. The summed E-state index contributed by atoms with van der Waals surface area (Å²) in [5.41, 5.74) is 9.50. The first kappa shape index (κ1) is 14.2. The van der Waals surface area contributed by atoms with Gasteiger partial charge in [-0.1, -0.05) is 6.07 Å². The van der Waals surface area contributed by atoms with Crippen molar-refractivity contribution in [2.24, 2.45) is 5.73 Å². The van der Waals surface area contributed by atoms with Gasteiger partial charge >= 0.3 is 0 Å². The predicted octanol–water partition coefficient (Wildman–Crippen LogP) is 1.79. The van der Waals surface area contributed by atoms with Crippen LogP contribution in [-0.4, -0.2) is 40.1 Å². The van der Waals surface area contributed by atoms with E-state index in [2.05, 4.69) is 26.1 Å². The van der Waals surface area contributed by atoms with E-state index in [0.717, 1.165) is 34.1 Å². The van der Waals surface area contributed by atoms with Gasteiger partial charge in [-0.3, -0.25) is 14.9 Å². The lowest BCUT2D eigenvalue weighted by Crippen LogP contribution is -2.11. The van der Waals surface area contributed by atoms with Crippen molar-refractivity contribution < 1.29 is 4.79 Å². The number of hydrogen-bond donors (Lipinski definition) is 2. The lowest BCUT2D eigenvalue weighted by atomic mass is 10.0. The van der Waals surface area contributed by atoms with Gasteiger partial charge in [0.2, 0.25) is 0 Å². The van der Waals surface area contributed by atoms with Crippen LogP contribution < -0.4 is 5.73 Å². The minimum atomic E-state index is -0.539. The number of amides is 1. The van der Waals surface area contributed by atoms with Crippen molar-refractivity contribution in [1.29, 1.82) is 0 Å². The fourth-order valence-electron chi connectivity index (χ4n) is 2.48. The molecule has 22 heavy (non-hydrogen) atoms. The fraction of sp³-hybridized carbons (Fsp3) is 0.188. The number of aromatic amines is 1. The number of primary amides is 1. The van der Waals surface area contributed by atoms with Gasteiger partial charge in [-0.05, 0) is 43.4 Å². The predicted molar refractivity (Wildman–Crippen MR) is 85.2 cm³/mol. The van der Waals surface area contributed by atoms with Crippen molar-refractivity contribution in [3.05, 3.63) is 47.9 Å². The molecule has 1 aromatic carbocycles. The molecule has 3 aromatic rings. The third-order valence-electron chi connectivity index (χ3n) is 3.42. The average Bonchev–Trinajstić information content (AvgIpc) is 2.90. The van der Waals surface area contributed by atoms with Crippen molar-refractivity contribution >= 4 is 16.8 Å². The third-order valence-corrected chi connectivity index (χ3v) is 3.42. The van der Waals surface area contributed by atoms with E-state index in [0.29, 0.717) is 0 Å². The molecule has 0 aliphatic rings. The van der Waals surface area contributed by atoms with Crippen LogP contribution in [0.25, 0.3) is 22.0 Å². The molecule has 6 heteroatoms. The van der Waals surface area contributed by atoms with Crippen LogP contribution in [0.2, 0.25) is 0 Å². The summed E-state index contributed by atoms with van der Waals surface area (Å²) in [5.74, 6) is -0.539. The van der Waals surface area contributed by atoms with Gasteiger partial charge < -0.3 is 10.6 Å². The van der Waals surface area contributed by atoms with Crippen molar-refractivity contribution in [2.45, 2.75) is 6.54 Å². The highest BCUT2D eigenvalue weighted by Gasteiger charge is 2.12. The summed E-state index contributed by atoms with van der Waals surface area (Å²) in [6.07, 6.45) is 3.67. The van der Waals surface area contributed by atoms with Crippen LogP contribution >= 0.6 is 0 Å². The average molecular weight is 295 g/mol. The Hall–Kier alpha value is -2.73. The molecule has 0 spiro atoms. The molecule has 2 heterocycles. The first-order valence-corrected chi connectivity index (χ1v) is 6.91. The molecule has 0 bridgehead atoms. The number of nitrogens with one attached hydrogen (secondary N) is 1. The lowest BCUT2D eigenvalue weighted by molar-refractivity contribution is 0.0997. The monoisotopic (exact) mass is 295 g/mol. The van der Waals surface area contributed by atoms with Gasteiger partial charge in [-0.25, -0.2) is 0 Å². The van der Waals surface area contributed by atoms with Crippen LogP contribution in [0.3, 0.4) is 0 Å². The van der Waals surface area contributed by atoms with E-state index in [4.69, 9.17) is 5.73 Å². The van der Waals surface area contributed by atoms with Gasteiger partial charge in [0.1, 0.15) is 0 Å². The first-order chi connectivity index (χ1) is 10.5. The molecule has 0 unspecified atom stereocenters.